The van der Waals surface area contributed by atoms with Crippen LogP contribution in [0.2, 0.25) is 0 Å². The van der Waals surface area contributed by atoms with Gasteiger partial charge < -0.3 is 10.2 Å². The van der Waals surface area contributed by atoms with Crippen molar-refractivity contribution in [3.8, 4) is 0 Å². The minimum absolute atomic E-state index is 0.0327. The highest BCUT2D eigenvalue weighted by atomic mass is 16.2. The van der Waals surface area contributed by atoms with Gasteiger partial charge in [0.15, 0.2) is 0 Å². The number of amides is 2. The third-order valence-electron chi connectivity index (χ3n) is 4.90. The van der Waals surface area contributed by atoms with Crippen molar-refractivity contribution in [1.82, 2.24) is 24.6 Å². The lowest BCUT2D eigenvalue weighted by molar-refractivity contribution is -0.138. The molecule has 0 bridgehead atoms. The van der Waals surface area contributed by atoms with E-state index in [4.69, 9.17) is 0 Å². The van der Waals surface area contributed by atoms with E-state index in [1.54, 1.807) is 4.57 Å². The maximum absolute atomic E-state index is 12.9. The highest BCUT2D eigenvalue weighted by Crippen LogP contribution is 2.06. The average Bonchev–Trinajstić information content (AvgIpc) is 3.00. The molecule has 1 fully saturated rings. The van der Waals surface area contributed by atoms with E-state index in [9.17, 15) is 14.4 Å². The Kier molecular flexibility index (Phi) is 6.62. The normalized spacial score (nSPS) is 14.2. The highest BCUT2D eigenvalue weighted by molar-refractivity contribution is 5.85. The van der Waals surface area contributed by atoms with Gasteiger partial charge in [-0.15, -0.1) is 0 Å². The fraction of sp³-hybridized carbons (Fsp3) is 0.500. The van der Waals surface area contributed by atoms with Crippen LogP contribution in [-0.4, -0.2) is 50.7 Å². The minimum Gasteiger partial charge on any atom is -0.353 e. The lowest BCUT2D eigenvalue weighted by atomic mass is 10.1. The molecule has 0 unspecified atom stereocenters. The molecule has 1 N–H and O–H groups in total. The van der Waals surface area contributed by atoms with Crippen molar-refractivity contribution in [3.63, 3.8) is 0 Å². The molecule has 2 aromatic rings. The van der Waals surface area contributed by atoms with Crippen molar-refractivity contribution in [3.05, 3.63) is 52.2 Å². The molecule has 1 aromatic heterocycles. The zero-order chi connectivity index (χ0) is 19.9. The Morgan fingerprint density at radius 2 is 1.96 bits per heavy atom. The smallest absolute Gasteiger partial charge is 0.346 e. The second-order valence-electron chi connectivity index (χ2n) is 7.01. The largest absolute Gasteiger partial charge is 0.353 e. The van der Waals surface area contributed by atoms with E-state index >= 15 is 0 Å². The van der Waals surface area contributed by atoms with Crippen LogP contribution >= 0.6 is 0 Å². The predicted molar refractivity (Wildman–Crippen MR) is 105 cm³/mol. The van der Waals surface area contributed by atoms with Crippen molar-refractivity contribution in [2.75, 3.05) is 19.6 Å². The van der Waals surface area contributed by atoms with E-state index in [0.717, 1.165) is 24.8 Å². The molecule has 1 aromatic carbocycles. The zero-order valence-corrected chi connectivity index (χ0v) is 16.3. The van der Waals surface area contributed by atoms with Crippen LogP contribution in [-0.2, 0) is 35.5 Å². The van der Waals surface area contributed by atoms with Crippen molar-refractivity contribution < 1.29 is 9.59 Å². The molecule has 28 heavy (non-hydrogen) atoms. The summed E-state index contributed by atoms with van der Waals surface area (Å²) in [6.45, 7) is 3.41. The zero-order valence-electron chi connectivity index (χ0n) is 16.3. The van der Waals surface area contributed by atoms with Crippen LogP contribution in [0.4, 0.5) is 0 Å². The van der Waals surface area contributed by atoms with Gasteiger partial charge in [-0.1, -0.05) is 43.7 Å². The van der Waals surface area contributed by atoms with Crippen molar-refractivity contribution in [1.29, 1.82) is 0 Å². The summed E-state index contributed by atoms with van der Waals surface area (Å²) in [6, 6.07) is 9.99. The molecule has 2 amide bonds. The van der Waals surface area contributed by atoms with Gasteiger partial charge in [-0.25, -0.2) is 9.48 Å². The first-order valence-electron chi connectivity index (χ1n) is 9.83. The molecule has 3 rings (SSSR count). The van der Waals surface area contributed by atoms with Crippen molar-refractivity contribution in [2.45, 2.75) is 45.7 Å². The maximum Gasteiger partial charge on any atom is 0.346 e. The summed E-state index contributed by atoms with van der Waals surface area (Å²) in [7, 11) is 0. The van der Waals surface area contributed by atoms with Crippen LogP contribution in [0.5, 0.6) is 0 Å². The van der Waals surface area contributed by atoms with Gasteiger partial charge in [0.05, 0.1) is 6.54 Å². The number of unbranched alkanes of at least 4 members (excludes halogenated alkanes) is 1. The molecule has 8 heteroatoms. The Balaban J connectivity index is 1.75. The van der Waals surface area contributed by atoms with E-state index in [-0.39, 0.29) is 30.6 Å². The predicted octanol–water partition coefficient (Wildman–Crippen LogP) is 0.589. The second-order valence-corrected chi connectivity index (χ2v) is 7.01. The molecule has 1 saturated heterocycles. The lowest BCUT2D eigenvalue weighted by Crippen LogP contribution is -2.51. The molecule has 1 aliphatic heterocycles. The summed E-state index contributed by atoms with van der Waals surface area (Å²) < 4.78 is 2.92. The number of aromatic nitrogens is 3. The summed E-state index contributed by atoms with van der Waals surface area (Å²) in [5.74, 6) is 0.280. The Bertz CT molecular complexity index is 872. The first-order valence-corrected chi connectivity index (χ1v) is 9.83. The number of hydrogen-bond donors (Lipinski definition) is 1. The summed E-state index contributed by atoms with van der Waals surface area (Å²) in [4.78, 5) is 38.4. The van der Waals surface area contributed by atoms with Crippen LogP contribution in [0.1, 0.15) is 31.2 Å². The van der Waals surface area contributed by atoms with E-state index in [0.29, 0.717) is 31.9 Å². The fourth-order valence-electron chi connectivity index (χ4n) is 3.30. The molecule has 0 aliphatic carbocycles. The van der Waals surface area contributed by atoms with Gasteiger partial charge in [-0.3, -0.25) is 14.2 Å². The number of benzene rings is 1. The van der Waals surface area contributed by atoms with Gasteiger partial charge in [-0.05, 0) is 18.4 Å². The van der Waals surface area contributed by atoms with Crippen molar-refractivity contribution >= 4 is 11.8 Å². The van der Waals surface area contributed by atoms with E-state index in [1.807, 2.05) is 30.3 Å². The molecular weight excluding hydrogens is 358 g/mol. The Labute approximate surface area is 164 Å². The van der Waals surface area contributed by atoms with Gasteiger partial charge in [0.1, 0.15) is 12.4 Å². The number of nitrogens with one attached hydrogen (secondary N) is 1. The SMILES string of the molecule is CCCCc1nn(CC(=O)N2CCNC(=O)C2)c(=O)n1CCc1ccccc1. The molecule has 1 aliphatic rings. The maximum atomic E-state index is 12.9. The van der Waals surface area contributed by atoms with Crippen LogP contribution in [0.25, 0.3) is 0 Å². The topological polar surface area (TPSA) is 89.2 Å². The van der Waals surface area contributed by atoms with Gasteiger partial charge in [0.25, 0.3) is 0 Å². The lowest BCUT2D eigenvalue weighted by Gasteiger charge is -2.26. The van der Waals surface area contributed by atoms with Crippen LogP contribution in [0.15, 0.2) is 35.1 Å². The summed E-state index contributed by atoms with van der Waals surface area (Å²) in [6.07, 6.45) is 3.36. The minimum atomic E-state index is -0.267. The molecule has 0 atom stereocenters. The average molecular weight is 385 g/mol. The molecular formula is C20H27N5O3. The van der Waals surface area contributed by atoms with E-state index in [2.05, 4.69) is 17.3 Å². The number of piperazine rings is 1. The van der Waals surface area contributed by atoms with Gasteiger partial charge >= 0.3 is 5.69 Å². The van der Waals surface area contributed by atoms with E-state index in [1.165, 1.54) is 9.58 Å². The quantitative estimate of drug-likeness (QED) is 0.720. The second kappa shape index (κ2) is 9.34. The Morgan fingerprint density at radius 3 is 2.68 bits per heavy atom. The summed E-state index contributed by atoms with van der Waals surface area (Å²) >= 11 is 0. The number of aryl methyl sites for hydroxylation is 2. The number of carbonyl (C=O) groups is 2. The first-order chi connectivity index (χ1) is 13.6. The molecule has 150 valence electrons. The number of nitrogens with zero attached hydrogens (tertiary/aromatic N) is 4. The summed E-state index contributed by atoms with van der Waals surface area (Å²) in [5, 5.41) is 7.12. The number of rotatable bonds is 8. The molecule has 8 nitrogen and oxygen atoms in total. The van der Waals surface area contributed by atoms with Gasteiger partial charge in [0.2, 0.25) is 11.8 Å². The van der Waals surface area contributed by atoms with Gasteiger partial charge in [0, 0.05) is 26.1 Å². The standard InChI is InChI=1S/C20H27N5O3/c1-2-3-9-17-22-25(15-19(27)23-13-11-21-18(26)14-23)20(28)24(17)12-10-16-7-5-4-6-8-16/h4-8H,2-3,9-15H2,1H3,(H,21,26). The van der Waals surface area contributed by atoms with Crippen molar-refractivity contribution in [2.24, 2.45) is 0 Å². The molecule has 2 heterocycles. The molecule has 0 spiro atoms. The Hall–Kier alpha value is -2.90. The molecule has 0 radical (unpaired) electrons. The fourth-order valence-corrected chi connectivity index (χ4v) is 3.30. The van der Waals surface area contributed by atoms with Gasteiger partial charge in [-0.2, -0.15) is 5.10 Å². The monoisotopic (exact) mass is 385 g/mol. The van der Waals surface area contributed by atoms with Crippen LogP contribution < -0.4 is 11.0 Å². The Morgan fingerprint density at radius 1 is 1.18 bits per heavy atom. The van der Waals surface area contributed by atoms with E-state index < -0.39 is 0 Å². The third kappa shape index (κ3) is 4.88. The van der Waals surface area contributed by atoms with Crippen LogP contribution in [0.3, 0.4) is 0 Å². The first kappa shape index (κ1) is 19.9. The summed E-state index contributed by atoms with van der Waals surface area (Å²) in [5.41, 5.74) is 0.885. The third-order valence-corrected chi connectivity index (χ3v) is 4.90. The highest BCUT2D eigenvalue weighted by Gasteiger charge is 2.23. The molecule has 0 saturated carbocycles. The number of carbonyl (C=O) groups excluding carboxylic acids is 2. The van der Waals surface area contributed by atoms with Crippen LogP contribution in [0, 0.1) is 0 Å². The number of hydrogen-bond acceptors (Lipinski definition) is 4.